The molecule has 7 nitrogen and oxygen atoms in total. The molecule has 1 aromatic carbocycles. The van der Waals surface area contributed by atoms with Crippen LogP contribution in [0.5, 0.6) is 0 Å². The number of halogens is 1. The van der Waals surface area contributed by atoms with Gasteiger partial charge in [0.15, 0.2) is 6.61 Å². The Balaban J connectivity index is 1.78. The Morgan fingerprint density at radius 3 is 2.64 bits per heavy atom. The lowest BCUT2D eigenvalue weighted by atomic mass is 10.0. The SMILES string of the molecule is C[C@@H]1CCCN(C(=O)COC(=O)CNS(=O)(=O)c2ccc(F)cc2)C1. The maximum absolute atomic E-state index is 12.8. The van der Waals surface area contributed by atoms with Gasteiger partial charge in [0.05, 0.1) is 4.90 Å². The van der Waals surface area contributed by atoms with Crippen LogP contribution in [0.3, 0.4) is 0 Å². The summed E-state index contributed by atoms with van der Waals surface area (Å²) in [5.41, 5.74) is 0. The molecule has 0 radical (unpaired) electrons. The van der Waals surface area contributed by atoms with E-state index in [0.717, 1.165) is 37.1 Å². The second kappa shape index (κ2) is 8.39. The fourth-order valence-electron chi connectivity index (χ4n) is 2.55. The van der Waals surface area contributed by atoms with E-state index in [1.807, 2.05) is 0 Å². The van der Waals surface area contributed by atoms with E-state index in [-0.39, 0.29) is 10.8 Å². The number of nitrogens with zero attached hydrogens (tertiary/aromatic N) is 1. The molecule has 1 aliphatic heterocycles. The van der Waals surface area contributed by atoms with Crippen molar-refractivity contribution in [2.75, 3.05) is 26.2 Å². The van der Waals surface area contributed by atoms with Crippen molar-refractivity contribution in [2.45, 2.75) is 24.7 Å². The second-order valence-corrected chi connectivity index (χ2v) is 7.79. The summed E-state index contributed by atoms with van der Waals surface area (Å²) in [6, 6.07) is 4.18. The van der Waals surface area contributed by atoms with Crippen LogP contribution in [0.2, 0.25) is 0 Å². The molecule has 1 saturated heterocycles. The van der Waals surface area contributed by atoms with E-state index in [1.54, 1.807) is 4.90 Å². The molecule has 1 N–H and O–H groups in total. The first-order valence-electron chi connectivity index (χ1n) is 7.96. The van der Waals surface area contributed by atoms with E-state index in [4.69, 9.17) is 4.74 Å². The highest BCUT2D eigenvalue weighted by Crippen LogP contribution is 2.15. The van der Waals surface area contributed by atoms with Crippen LogP contribution >= 0.6 is 0 Å². The van der Waals surface area contributed by atoms with Crippen molar-refractivity contribution in [3.63, 3.8) is 0 Å². The van der Waals surface area contributed by atoms with E-state index >= 15 is 0 Å². The maximum atomic E-state index is 12.8. The van der Waals surface area contributed by atoms with Crippen LogP contribution in [0, 0.1) is 11.7 Å². The third-order valence-electron chi connectivity index (χ3n) is 3.90. The number of ether oxygens (including phenoxy) is 1. The van der Waals surface area contributed by atoms with Crippen molar-refractivity contribution < 1.29 is 27.1 Å². The third-order valence-corrected chi connectivity index (χ3v) is 5.31. The number of amides is 1. The monoisotopic (exact) mass is 372 g/mol. The van der Waals surface area contributed by atoms with Crippen LogP contribution < -0.4 is 4.72 Å². The van der Waals surface area contributed by atoms with Crippen molar-refractivity contribution in [1.29, 1.82) is 0 Å². The zero-order chi connectivity index (χ0) is 18.4. The number of hydrogen-bond acceptors (Lipinski definition) is 5. The molecule has 1 amide bonds. The molecule has 0 aliphatic carbocycles. The predicted octanol–water partition coefficient (Wildman–Crippen LogP) is 0.906. The van der Waals surface area contributed by atoms with E-state index in [9.17, 15) is 22.4 Å². The first-order valence-corrected chi connectivity index (χ1v) is 9.45. The summed E-state index contributed by atoms with van der Waals surface area (Å²) in [5, 5.41) is 0. The minimum atomic E-state index is -3.95. The number of carbonyl (C=O) groups excluding carboxylic acids is 2. The predicted molar refractivity (Wildman–Crippen MR) is 87.5 cm³/mol. The molecular weight excluding hydrogens is 351 g/mol. The van der Waals surface area contributed by atoms with Gasteiger partial charge in [0.25, 0.3) is 5.91 Å². The molecule has 0 spiro atoms. The Labute approximate surface area is 146 Å². The minimum absolute atomic E-state index is 0.167. The Kier molecular flexibility index (Phi) is 6.49. The van der Waals surface area contributed by atoms with Gasteiger partial charge in [0.1, 0.15) is 12.4 Å². The molecule has 1 heterocycles. The first kappa shape index (κ1) is 19.3. The Hall–Kier alpha value is -2.00. The lowest BCUT2D eigenvalue weighted by Gasteiger charge is -2.30. The van der Waals surface area contributed by atoms with E-state index < -0.39 is 35.0 Å². The molecule has 9 heteroatoms. The summed E-state index contributed by atoms with van der Waals surface area (Å²) in [6.45, 7) is 2.30. The van der Waals surface area contributed by atoms with Crippen LogP contribution in [0.1, 0.15) is 19.8 Å². The van der Waals surface area contributed by atoms with Gasteiger partial charge >= 0.3 is 5.97 Å². The van der Waals surface area contributed by atoms with E-state index in [1.165, 1.54) is 0 Å². The van der Waals surface area contributed by atoms with Crippen LogP contribution in [0.15, 0.2) is 29.2 Å². The summed E-state index contributed by atoms with van der Waals surface area (Å²) < 4.78 is 43.6. The molecule has 1 aromatic rings. The van der Waals surface area contributed by atoms with Crippen LogP contribution in [0.4, 0.5) is 4.39 Å². The number of benzene rings is 1. The Morgan fingerprint density at radius 1 is 1.32 bits per heavy atom. The largest absolute Gasteiger partial charge is 0.455 e. The highest BCUT2D eigenvalue weighted by molar-refractivity contribution is 7.89. The lowest BCUT2D eigenvalue weighted by Crippen LogP contribution is -2.42. The topological polar surface area (TPSA) is 92.8 Å². The number of rotatable bonds is 6. The second-order valence-electron chi connectivity index (χ2n) is 6.03. The van der Waals surface area contributed by atoms with Gasteiger partial charge < -0.3 is 9.64 Å². The van der Waals surface area contributed by atoms with Crippen molar-refractivity contribution in [3.05, 3.63) is 30.1 Å². The number of likely N-dealkylation sites (tertiary alicyclic amines) is 1. The number of sulfonamides is 1. The maximum Gasteiger partial charge on any atom is 0.321 e. The van der Waals surface area contributed by atoms with Gasteiger partial charge in [0.2, 0.25) is 10.0 Å². The van der Waals surface area contributed by atoms with Crippen LogP contribution in [-0.4, -0.2) is 51.4 Å². The zero-order valence-electron chi connectivity index (χ0n) is 13.9. The number of nitrogens with one attached hydrogen (secondary N) is 1. The summed E-state index contributed by atoms with van der Waals surface area (Å²) in [6.07, 6.45) is 1.98. The number of carbonyl (C=O) groups is 2. The molecule has 2 rings (SSSR count). The highest BCUT2D eigenvalue weighted by Gasteiger charge is 2.22. The van der Waals surface area contributed by atoms with Gasteiger partial charge in [-0.2, -0.15) is 4.72 Å². The van der Waals surface area contributed by atoms with Crippen molar-refractivity contribution >= 4 is 21.9 Å². The molecule has 0 aromatic heterocycles. The summed E-state index contributed by atoms with van der Waals surface area (Å²) in [5.74, 6) is -1.30. The fraction of sp³-hybridized carbons (Fsp3) is 0.500. The van der Waals surface area contributed by atoms with E-state index in [0.29, 0.717) is 19.0 Å². The number of hydrogen-bond donors (Lipinski definition) is 1. The van der Waals surface area contributed by atoms with Gasteiger partial charge in [-0.15, -0.1) is 0 Å². The molecule has 1 fully saturated rings. The lowest BCUT2D eigenvalue weighted by molar-refractivity contribution is -0.151. The Bertz CT molecular complexity index is 721. The van der Waals surface area contributed by atoms with Crippen molar-refractivity contribution in [1.82, 2.24) is 9.62 Å². The van der Waals surface area contributed by atoms with Crippen molar-refractivity contribution in [3.8, 4) is 0 Å². The van der Waals surface area contributed by atoms with Gasteiger partial charge in [-0.25, -0.2) is 12.8 Å². The van der Waals surface area contributed by atoms with Gasteiger partial charge in [0, 0.05) is 13.1 Å². The number of piperidine rings is 1. The molecular formula is C16H21FN2O5S. The zero-order valence-corrected chi connectivity index (χ0v) is 14.7. The van der Waals surface area contributed by atoms with Gasteiger partial charge in [-0.3, -0.25) is 9.59 Å². The van der Waals surface area contributed by atoms with Crippen molar-refractivity contribution in [2.24, 2.45) is 5.92 Å². The average molecular weight is 372 g/mol. The van der Waals surface area contributed by atoms with Gasteiger partial charge in [-0.05, 0) is 43.0 Å². The normalized spacial score (nSPS) is 18.0. The smallest absolute Gasteiger partial charge is 0.321 e. The Morgan fingerprint density at radius 2 is 2.00 bits per heavy atom. The van der Waals surface area contributed by atoms with Crippen LogP contribution in [0.25, 0.3) is 0 Å². The molecule has 1 aliphatic rings. The minimum Gasteiger partial charge on any atom is -0.455 e. The summed E-state index contributed by atoms with van der Waals surface area (Å²) in [7, 11) is -3.95. The highest BCUT2D eigenvalue weighted by atomic mass is 32.2. The molecule has 0 unspecified atom stereocenters. The molecule has 138 valence electrons. The standard InChI is InChI=1S/C16H21FN2O5S/c1-12-3-2-8-19(10-12)15(20)11-24-16(21)9-18-25(22,23)14-6-4-13(17)5-7-14/h4-7,12,18H,2-3,8-11H2,1H3/t12-/m1/s1. The fourth-order valence-corrected chi connectivity index (χ4v) is 3.52. The number of esters is 1. The first-order chi connectivity index (χ1) is 11.8. The summed E-state index contributed by atoms with van der Waals surface area (Å²) in [4.78, 5) is 25.1. The third kappa shape index (κ3) is 5.79. The molecule has 0 bridgehead atoms. The van der Waals surface area contributed by atoms with Crippen LogP contribution in [-0.2, 0) is 24.3 Å². The summed E-state index contributed by atoms with van der Waals surface area (Å²) >= 11 is 0. The molecule has 0 saturated carbocycles. The quantitative estimate of drug-likeness (QED) is 0.749. The average Bonchev–Trinajstić information content (AvgIpc) is 2.58. The van der Waals surface area contributed by atoms with E-state index in [2.05, 4.69) is 11.6 Å². The molecule has 1 atom stereocenters. The molecule has 25 heavy (non-hydrogen) atoms. The van der Waals surface area contributed by atoms with Gasteiger partial charge in [-0.1, -0.05) is 6.92 Å².